The highest BCUT2D eigenvalue weighted by Gasteiger charge is 2.12. The van der Waals surface area contributed by atoms with Gasteiger partial charge >= 0.3 is 0 Å². The summed E-state index contributed by atoms with van der Waals surface area (Å²) < 4.78 is 16.3. The van der Waals surface area contributed by atoms with Gasteiger partial charge in [-0.15, -0.1) is 0 Å². The molecule has 0 aliphatic heterocycles. The van der Waals surface area contributed by atoms with Crippen LogP contribution in [-0.4, -0.2) is 27.2 Å². The zero-order chi connectivity index (χ0) is 16.8. The molecule has 0 heterocycles. The van der Waals surface area contributed by atoms with Gasteiger partial charge in [-0.25, -0.2) is 0 Å². The minimum Gasteiger partial charge on any atom is -0.497 e. The maximum atomic E-state index is 12.4. The van der Waals surface area contributed by atoms with E-state index in [-0.39, 0.29) is 5.91 Å². The minimum atomic E-state index is -0.200. The van der Waals surface area contributed by atoms with Gasteiger partial charge in [-0.3, -0.25) is 4.79 Å². The molecule has 0 aliphatic carbocycles. The van der Waals surface area contributed by atoms with Crippen LogP contribution in [0, 0.1) is 0 Å². The van der Waals surface area contributed by atoms with Crippen molar-refractivity contribution in [2.45, 2.75) is 6.54 Å². The molecule has 0 spiro atoms. The lowest BCUT2D eigenvalue weighted by atomic mass is 10.1. The van der Waals surface area contributed by atoms with E-state index < -0.39 is 0 Å². The summed E-state index contributed by atoms with van der Waals surface area (Å²) in [4.78, 5) is 12.4. The average molecular weight is 380 g/mol. The van der Waals surface area contributed by atoms with Gasteiger partial charge in [0.1, 0.15) is 17.2 Å². The maximum absolute atomic E-state index is 12.4. The first-order chi connectivity index (χ1) is 11.1. The number of hydrogen-bond donors (Lipinski definition) is 1. The Morgan fingerprint density at radius 3 is 2.30 bits per heavy atom. The van der Waals surface area contributed by atoms with Crippen LogP contribution in [0.25, 0.3) is 0 Å². The number of amides is 1. The number of carbonyl (C=O) groups excluding carboxylic acids is 1. The van der Waals surface area contributed by atoms with E-state index in [0.717, 1.165) is 5.56 Å². The topological polar surface area (TPSA) is 56.8 Å². The van der Waals surface area contributed by atoms with E-state index in [1.165, 1.54) is 0 Å². The Morgan fingerprint density at radius 2 is 1.65 bits per heavy atom. The molecule has 1 amide bonds. The Hall–Kier alpha value is -2.21. The van der Waals surface area contributed by atoms with Crippen LogP contribution < -0.4 is 19.5 Å². The highest BCUT2D eigenvalue weighted by Crippen LogP contribution is 2.25. The Labute approximate surface area is 143 Å². The number of hydrogen-bond acceptors (Lipinski definition) is 4. The van der Waals surface area contributed by atoms with E-state index >= 15 is 0 Å². The third-order valence-electron chi connectivity index (χ3n) is 3.35. The fourth-order valence-corrected chi connectivity index (χ4v) is 2.50. The van der Waals surface area contributed by atoms with Crippen molar-refractivity contribution >= 4 is 21.8 Å². The second-order valence-electron chi connectivity index (χ2n) is 4.71. The molecule has 0 unspecified atom stereocenters. The highest BCUT2D eigenvalue weighted by atomic mass is 79.9. The normalized spacial score (nSPS) is 10.1. The van der Waals surface area contributed by atoms with Crippen LogP contribution in [-0.2, 0) is 6.54 Å². The van der Waals surface area contributed by atoms with Gasteiger partial charge in [0.2, 0.25) is 0 Å². The van der Waals surface area contributed by atoms with E-state index in [0.29, 0.717) is 33.8 Å². The van der Waals surface area contributed by atoms with Gasteiger partial charge in [-0.2, -0.15) is 0 Å². The molecule has 122 valence electrons. The van der Waals surface area contributed by atoms with Crippen molar-refractivity contribution in [1.29, 1.82) is 0 Å². The lowest BCUT2D eigenvalue weighted by Gasteiger charge is -2.12. The highest BCUT2D eigenvalue weighted by molar-refractivity contribution is 9.10. The Balaban J connectivity index is 2.13. The number of carbonyl (C=O) groups is 1. The summed E-state index contributed by atoms with van der Waals surface area (Å²) in [5.41, 5.74) is 1.37. The number of halogens is 1. The summed E-state index contributed by atoms with van der Waals surface area (Å²) in [6.45, 7) is 0.343. The summed E-state index contributed by atoms with van der Waals surface area (Å²) in [5, 5.41) is 2.87. The van der Waals surface area contributed by atoms with Crippen molar-refractivity contribution in [2.75, 3.05) is 21.3 Å². The Bertz CT molecular complexity index is 703. The third kappa shape index (κ3) is 4.16. The molecule has 1 N–H and O–H groups in total. The van der Waals surface area contributed by atoms with Crippen LogP contribution in [0.1, 0.15) is 15.9 Å². The Kier molecular flexibility index (Phi) is 5.87. The number of benzene rings is 2. The van der Waals surface area contributed by atoms with Crippen LogP contribution in [0.2, 0.25) is 0 Å². The molecule has 5 nitrogen and oxygen atoms in total. The van der Waals surface area contributed by atoms with E-state index in [9.17, 15) is 4.79 Å². The van der Waals surface area contributed by atoms with E-state index in [1.807, 2.05) is 12.1 Å². The second kappa shape index (κ2) is 7.87. The standard InChI is InChI=1S/C17H18BrNO4/c1-21-12-6-7-15(18)14(8-12)17(20)19-10-11-4-5-13(22-2)9-16(11)23-3/h4-9H,10H2,1-3H3,(H,19,20). The predicted octanol–water partition coefficient (Wildman–Crippen LogP) is 3.40. The zero-order valence-electron chi connectivity index (χ0n) is 13.2. The molecule has 0 saturated heterocycles. The van der Waals surface area contributed by atoms with Crippen molar-refractivity contribution in [3.05, 3.63) is 52.0 Å². The molecule has 23 heavy (non-hydrogen) atoms. The molecular formula is C17H18BrNO4. The lowest BCUT2D eigenvalue weighted by Crippen LogP contribution is -2.23. The van der Waals surface area contributed by atoms with Crippen LogP contribution in [0.5, 0.6) is 17.2 Å². The largest absolute Gasteiger partial charge is 0.497 e. The van der Waals surface area contributed by atoms with Gasteiger partial charge in [0.15, 0.2) is 0 Å². The lowest BCUT2D eigenvalue weighted by molar-refractivity contribution is 0.0949. The first-order valence-electron chi connectivity index (χ1n) is 6.91. The number of methoxy groups -OCH3 is 3. The second-order valence-corrected chi connectivity index (χ2v) is 5.56. The number of nitrogens with one attached hydrogen (secondary N) is 1. The average Bonchev–Trinajstić information content (AvgIpc) is 2.59. The third-order valence-corrected chi connectivity index (χ3v) is 4.04. The summed E-state index contributed by atoms with van der Waals surface area (Å²) in [7, 11) is 4.74. The van der Waals surface area contributed by atoms with Gasteiger partial charge in [0.25, 0.3) is 5.91 Å². The van der Waals surface area contributed by atoms with Gasteiger partial charge < -0.3 is 19.5 Å². The van der Waals surface area contributed by atoms with E-state index in [1.54, 1.807) is 45.6 Å². The van der Waals surface area contributed by atoms with Gasteiger partial charge in [-0.1, -0.05) is 0 Å². The number of ether oxygens (including phenoxy) is 3. The predicted molar refractivity (Wildman–Crippen MR) is 91.4 cm³/mol. The number of rotatable bonds is 6. The molecule has 2 aromatic rings. The monoisotopic (exact) mass is 379 g/mol. The summed E-state index contributed by atoms with van der Waals surface area (Å²) >= 11 is 3.38. The van der Waals surface area contributed by atoms with Crippen LogP contribution in [0.15, 0.2) is 40.9 Å². The first kappa shape index (κ1) is 17.1. The first-order valence-corrected chi connectivity index (χ1v) is 7.71. The van der Waals surface area contributed by atoms with Gasteiger partial charge in [-0.05, 0) is 46.3 Å². The fraction of sp³-hybridized carbons (Fsp3) is 0.235. The molecule has 6 heteroatoms. The molecule has 0 aromatic heterocycles. The molecule has 0 radical (unpaired) electrons. The summed E-state index contributed by atoms with van der Waals surface area (Å²) in [6, 6.07) is 10.7. The maximum Gasteiger partial charge on any atom is 0.252 e. The smallest absolute Gasteiger partial charge is 0.252 e. The molecule has 0 atom stereocenters. The molecule has 2 aromatic carbocycles. The van der Waals surface area contributed by atoms with E-state index in [4.69, 9.17) is 14.2 Å². The van der Waals surface area contributed by atoms with Crippen molar-refractivity contribution in [3.63, 3.8) is 0 Å². The van der Waals surface area contributed by atoms with Crippen LogP contribution in [0.3, 0.4) is 0 Å². The fourth-order valence-electron chi connectivity index (χ4n) is 2.07. The van der Waals surface area contributed by atoms with Crippen molar-refractivity contribution in [2.24, 2.45) is 0 Å². The molecule has 0 fully saturated rings. The van der Waals surface area contributed by atoms with Gasteiger partial charge in [0, 0.05) is 22.6 Å². The van der Waals surface area contributed by atoms with Crippen LogP contribution in [0.4, 0.5) is 0 Å². The Morgan fingerprint density at radius 1 is 1.00 bits per heavy atom. The molecule has 0 aliphatic rings. The van der Waals surface area contributed by atoms with Crippen LogP contribution >= 0.6 is 15.9 Å². The zero-order valence-corrected chi connectivity index (χ0v) is 14.8. The summed E-state index contributed by atoms with van der Waals surface area (Å²) in [6.07, 6.45) is 0. The SMILES string of the molecule is COc1ccc(CNC(=O)c2cc(OC)ccc2Br)c(OC)c1. The molecular weight excluding hydrogens is 362 g/mol. The quantitative estimate of drug-likeness (QED) is 0.835. The summed E-state index contributed by atoms with van der Waals surface area (Å²) in [5.74, 6) is 1.79. The van der Waals surface area contributed by atoms with E-state index in [2.05, 4.69) is 21.2 Å². The van der Waals surface area contributed by atoms with Crippen molar-refractivity contribution in [3.8, 4) is 17.2 Å². The minimum absolute atomic E-state index is 0.200. The van der Waals surface area contributed by atoms with Crippen molar-refractivity contribution in [1.82, 2.24) is 5.32 Å². The molecule has 0 saturated carbocycles. The van der Waals surface area contributed by atoms with Gasteiger partial charge in [0.05, 0.1) is 26.9 Å². The molecule has 0 bridgehead atoms. The van der Waals surface area contributed by atoms with Crippen molar-refractivity contribution < 1.29 is 19.0 Å². The molecule has 2 rings (SSSR count).